The monoisotopic (exact) mass is 325 g/mol. The Morgan fingerprint density at radius 1 is 1.17 bits per heavy atom. The van der Waals surface area contributed by atoms with E-state index in [4.69, 9.17) is 10.5 Å². The molecule has 1 unspecified atom stereocenters. The summed E-state index contributed by atoms with van der Waals surface area (Å²) in [6.07, 6.45) is 6.18. The van der Waals surface area contributed by atoms with Crippen LogP contribution in [0.15, 0.2) is 42.9 Å². The lowest BCUT2D eigenvalue weighted by Crippen LogP contribution is -2.43. The highest BCUT2D eigenvalue weighted by Gasteiger charge is 2.21. The Bertz CT molecular complexity index is 808. The van der Waals surface area contributed by atoms with E-state index in [1.165, 1.54) is 0 Å². The first-order valence-electron chi connectivity index (χ1n) is 8.11. The van der Waals surface area contributed by atoms with Crippen LogP contribution in [-0.4, -0.2) is 31.7 Å². The highest BCUT2D eigenvalue weighted by molar-refractivity contribution is 5.61. The molecule has 0 fully saturated rings. The SMILES string of the molecule is CC(C)CC(C)(N)COc1ccc(-c2ccnc3ccnn23)cn1. The van der Waals surface area contributed by atoms with Crippen molar-refractivity contribution in [2.24, 2.45) is 11.7 Å². The number of rotatable bonds is 6. The number of ether oxygens (including phenoxy) is 1. The molecule has 0 radical (unpaired) electrons. The van der Waals surface area contributed by atoms with Crippen LogP contribution >= 0.6 is 0 Å². The topological polar surface area (TPSA) is 78.3 Å². The number of hydrogen-bond acceptors (Lipinski definition) is 5. The molecular formula is C18H23N5O. The van der Waals surface area contributed by atoms with Gasteiger partial charge in [0.1, 0.15) is 6.61 Å². The second-order valence-corrected chi connectivity index (χ2v) is 6.86. The van der Waals surface area contributed by atoms with Crippen molar-refractivity contribution in [3.8, 4) is 17.1 Å². The first kappa shape index (κ1) is 16.4. The number of fused-ring (bicyclic) bond motifs is 1. The van der Waals surface area contributed by atoms with E-state index in [0.717, 1.165) is 23.3 Å². The molecule has 0 saturated carbocycles. The van der Waals surface area contributed by atoms with Gasteiger partial charge in [-0.15, -0.1) is 0 Å². The molecule has 0 amide bonds. The lowest BCUT2D eigenvalue weighted by atomic mass is 9.93. The van der Waals surface area contributed by atoms with E-state index in [1.54, 1.807) is 23.1 Å². The molecule has 6 heteroatoms. The van der Waals surface area contributed by atoms with E-state index in [2.05, 4.69) is 28.9 Å². The van der Waals surface area contributed by atoms with Gasteiger partial charge in [-0.1, -0.05) is 13.8 Å². The maximum atomic E-state index is 6.27. The Labute approximate surface area is 141 Å². The second kappa shape index (κ2) is 6.57. The fourth-order valence-electron chi connectivity index (χ4n) is 2.90. The zero-order valence-corrected chi connectivity index (χ0v) is 14.3. The van der Waals surface area contributed by atoms with Crippen LogP contribution in [0.5, 0.6) is 5.88 Å². The molecule has 6 nitrogen and oxygen atoms in total. The highest BCUT2D eigenvalue weighted by atomic mass is 16.5. The fourth-order valence-corrected chi connectivity index (χ4v) is 2.90. The minimum Gasteiger partial charge on any atom is -0.476 e. The third-order valence-electron chi connectivity index (χ3n) is 3.75. The van der Waals surface area contributed by atoms with Crippen molar-refractivity contribution in [2.75, 3.05) is 6.61 Å². The van der Waals surface area contributed by atoms with E-state index >= 15 is 0 Å². The van der Waals surface area contributed by atoms with Gasteiger partial charge in [0.2, 0.25) is 5.88 Å². The van der Waals surface area contributed by atoms with Crippen LogP contribution in [-0.2, 0) is 0 Å². The molecule has 0 aliphatic rings. The van der Waals surface area contributed by atoms with Crippen molar-refractivity contribution in [1.82, 2.24) is 19.6 Å². The summed E-state index contributed by atoms with van der Waals surface area (Å²) in [6.45, 7) is 6.76. The number of aromatic nitrogens is 4. The van der Waals surface area contributed by atoms with E-state index in [1.807, 2.05) is 31.2 Å². The number of pyridine rings is 1. The van der Waals surface area contributed by atoms with E-state index in [9.17, 15) is 0 Å². The first-order chi connectivity index (χ1) is 11.4. The summed E-state index contributed by atoms with van der Waals surface area (Å²) in [5.41, 5.74) is 8.60. The van der Waals surface area contributed by atoms with Gasteiger partial charge >= 0.3 is 0 Å². The number of nitrogens with zero attached hydrogens (tertiary/aromatic N) is 4. The molecule has 0 aliphatic heterocycles. The molecule has 2 N–H and O–H groups in total. The third-order valence-corrected chi connectivity index (χ3v) is 3.75. The summed E-state index contributed by atoms with van der Waals surface area (Å²) in [6, 6.07) is 7.61. The van der Waals surface area contributed by atoms with Gasteiger partial charge in [-0.3, -0.25) is 0 Å². The van der Waals surface area contributed by atoms with E-state index in [0.29, 0.717) is 18.4 Å². The number of nitrogens with two attached hydrogens (primary N) is 1. The lowest BCUT2D eigenvalue weighted by Gasteiger charge is -2.26. The van der Waals surface area contributed by atoms with Crippen molar-refractivity contribution >= 4 is 5.65 Å². The van der Waals surface area contributed by atoms with Crippen LogP contribution in [0.1, 0.15) is 27.2 Å². The largest absolute Gasteiger partial charge is 0.476 e. The van der Waals surface area contributed by atoms with Crippen LogP contribution < -0.4 is 10.5 Å². The molecule has 0 bridgehead atoms. The molecule has 3 rings (SSSR count). The van der Waals surface area contributed by atoms with Gasteiger partial charge in [-0.2, -0.15) is 5.10 Å². The zero-order valence-electron chi connectivity index (χ0n) is 14.3. The van der Waals surface area contributed by atoms with Gasteiger partial charge in [0.15, 0.2) is 5.65 Å². The maximum Gasteiger partial charge on any atom is 0.213 e. The standard InChI is InChI=1S/C18H23N5O/c1-13(2)10-18(3,19)12-24-17-5-4-14(11-21-17)15-6-8-20-16-7-9-22-23(15)16/h4-9,11,13H,10,12,19H2,1-3H3. The summed E-state index contributed by atoms with van der Waals surface area (Å²) >= 11 is 0. The van der Waals surface area contributed by atoms with Crippen LogP contribution in [0, 0.1) is 5.92 Å². The van der Waals surface area contributed by atoms with Gasteiger partial charge in [0.25, 0.3) is 0 Å². The van der Waals surface area contributed by atoms with Gasteiger partial charge in [-0.05, 0) is 31.4 Å². The first-order valence-corrected chi connectivity index (χ1v) is 8.11. The predicted octanol–water partition coefficient (Wildman–Crippen LogP) is 2.93. The molecule has 24 heavy (non-hydrogen) atoms. The Morgan fingerprint density at radius 3 is 2.71 bits per heavy atom. The normalized spacial score (nSPS) is 14.0. The van der Waals surface area contributed by atoms with Gasteiger partial charge < -0.3 is 10.5 Å². The third kappa shape index (κ3) is 3.71. The molecule has 0 aliphatic carbocycles. The van der Waals surface area contributed by atoms with Crippen LogP contribution in [0.3, 0.4) is 0 Å². The van der Waals surface area contributed by atoms with Crippen molar-refractivity contribution in [3.05, 3.63) is 42.9 Å². The summed E-state index contributed by atoms with van der Waals surface area (Å²) in [5.74, 6) is 1.10. The van der Waals surface area contributed by atoms with Crippen molar-refractivity contribution < 1.29 is 4.74 Å². The van der Waals surface area contributed by atoms with Crippen LogP contribution in [0.2, 0.25) is 0 Å². The van der Waals surface area contributed by atoms with Gasteiger partial charge in [0.05, 0.1) is 11.9 Å². The Hall–Kier alpha value is -2.47. The van der Waals surface area contributed by atoms with Crippen LogP contribution in [0.25, 0.3) is 16.9 Å². The summed E-state index contributed by atoms with van der Waals surface area (Å²) < 4.78 is 7.55. The van der Waals surface area contributed by atoms with Crippen molar-refractivity contribution in [2.45, 2.75) is 32.7 Å². The summed E-state index contributed by atoms with van der Waals surface area (Å²) in [5, 5.41) is 4.29. The smallest absolute Gasteiger partial charge is 0.213 e. The molecule has 3 aromatic heterocycles. The maximum absolute atomic E-state index is 6.27. The number of hydrogen-bond donors (Lipinski definition) is 1. The van der Waals surface area contributed by atoms with E-state index in [-0.39, 0.29) is 5.54 Å². The van der Waals surface area contributed by atoms with E-state index < -0.39 is 0 Å². The van der Waals surface area contributed by atoms with Gasteiger partial charge in [0, 0.05) is 35.6 Å². The minimum atomic E-state index is -0.360. The minimum absolute atomic E-state index is 0.360. The quantitative estimate of drug-likeness (QED) is 0.754. The lowest BCUT2D eigenvalue weighted by molar-refractivity contribution is 0.200. The molecule has 0 spiro atoms. The Kier molecular flexibility index (Phi) is 4.49. The summed E-state index contributed by atoms with van der Waals surface area (Å²) in [7, 11) is 0. The Morgan fingerprint density at radius 2 is 2.00 bits per heavy atom. The molecule has 126 valence electrons. The average Bonchev–Trinajstić information content (AvgIpc) is 3.01. The van der Waals surface area contributed by atoms with Crippen LogP contribution in [0.4, 0.5) is 0 Å². The molecule has 0 aromatic carbocycles. The highest BCUT2D eigenvalue weighted by Crippen LogP contribution is 2.21. The van der Waals surface area contributed by atoms with Crippen molar-refractivity contribution in [1.29, 1.82) is 0 Å². The second-order valence-electron chi connectivity index (χ2n) is 6.86. The molecule has 0 saturated heterocycles. The zero-order chi connectivity index (χ0) is 17.2. The van der Waals surface area contributed by atoms with Gasteiger partial charge in [-0.25, -0.2) is 14.5 Å². The summed E-state index contributed by atoms with van der Waals surface area (Å²) in [4.78, 5) is 8.66. The Balaban J connectivity index is 1.73. The predicted molar refractivity (Wildman–Crippen MR) is 93.8 cm³/mol. The average molecular weight is 325 g/mol. The molecular weight excluding hydrogens is 302 g/mol. The molecule has 1 atom stereocenters. The fraction of sp³-hybridized carbons (Fsp3) is 0.389. The van der Waals surface area contributed by atoms with Crippen molar-refractivity contribution in [3.63, 3.8) is 0 Å². The molecule has 3 aromatic rings. The molecule has 3 heterocycles.